The first-order valence-electron chi connectivity index (χ1n) is 18.0. The van der Waals surface area contributed by atoms with Crippen LogP contribution in [-0.2, 0) is 4.79 Å². The Kier molecular flexibility index (Phi) is 31.3. The number of rotatable bonds is 32. The molecule has 0 aromatic carbocycles. The van der Waals surface area contributed by atoms with Crippen molar-refractivity contribution in [3.05, 3.63) is 12.2 Å². The van der Waals surface area contributed by atoms with Gasteiger partial charge in [-0.15, -0.1) is 0 Å². The van der Waals surface area contributed by atoms with Crippen molar-refractivity contribution < 1.29 is 20.1 Å². The quantitative estimate of drug-likeness (QED) is 0.0471. The number of allylic oxidation sites excluding steroid dienone is 2. The van der Waals surface area contributed by atoms with E-state index in [4.69, 9.17) is 0 Å². The fourth-order valence-corrected chi connectivity index (χ4v) is 5.51. The molecule has 0 spiro atoms. The number of amides is 1. The van der Waals surface area contributed by atoms with Crippen LogP contribution in [0.1, 0.15) is 187 Å². The topological polar surface area (TPSA) is 89.8 Å². The van der Waals surface area contributed by atoms with Gasteiger partial charge in [0.15, 0.2) is 0 Å². The molecule has 0 bridgehead atoms. The molecular formula is C36H71NO4. The SMILES string of the molecule is CCCCCCCC/C=C/CCCCCCCC(=O)NC(CO)C(O)C(O)CCCCCCCCCCCCCC. The van der Waals surface area contributed by atoms with Gasteiger partial charge in [0.05, 0.1) is 18.8 Å². The fraction of sp³-hybridized carbons (Fsp3) is 0.917. The van der Waals surface area contributed by atoms with Crippen molar-refractivity contribution in [2.24, 2.45) is 0 Å². The molecule has 0 rings (SSSR count). The Morgan fingerprint density at radius 3 is 1.41 bits per heavy atom. The van der Waals surface area contributed by atoms with Crippen LogP contribution in [0.3, 0.4) is 0 Å². The lowest BCUT2D eigenvalue weighted by atomic mass is 9.99. The molecule has 3 atom stereocenters. The molecule has 0 heterocycles. The molecule has 5 nitrogen and oxygen atoms in total. The van der Waals surface area contributed by atoms with Gasteiger partial charge in [-0.05, 0) is 38.5 Å². The lowest BCUT2D eigenvalue weighted by molar-refractivity contribution is -0.124. The lowest BCUT2D eigenvalue weighted by Gasteiger charge is -2.26. The van der Waals surface area contributed by atoms with Gasteiger partial charge in [-0.3, -0.25) is 4.79 Å². The molecule has 0 aromatic heterocycles. The van der Waals surface area contributed by atoms with Gasteiger partial charge in [0.2, 0.25) is 5.91 Å². The number of unbranched alkanes of at least 4 members (excludes halogenated alkanes) is 22. The molecule has 0 aliphatic carbocycles. The molecule has 0 aliphatic rings. The number of carbonyl (C=O) groups is 1. The normalized spacial score (nSPS) is 14.0. The van der Waals surface area contributed by atoms with Gasteiger partial charge in [0.25, 0.3) is 0 Å². The maximum absolute atomic E-state index is 12.3. The summed E-state index contributed by atoms with van der Waals surface area (Å²) >= 11 is 0. The van der Waals surface area contributed by atoms with E-state index >= 15 is 0 Å². The summed E-state index contributed by atoms with van der Waals surface area (Å²) in [7, 11) is 0. The zero-order chi connectivity index (χ0) is 30.2. The Hall–Kier alpha value is -0.910. The van der Waals surface area contributed by atoms with Crippen LogP contribution in [0.2, 0.25) is 0 Å². The summed E-state index contributed by atoms with van der Waals surface area (Å²) in [5, 5.41) is 33.3. The molecule has 4 N–H and O–H groups in total. The Bertz CT molecular complexity index is 568. The predicted molar refractivity (Wildman–Crippen MR) is 176 cm³/mol. The third kappa shape index (κ3) is 27.7. The molecule has 0 aromatic rings. The summed E-state index contributed by atoms with van der Waals surface area (Å²) < 4.78 is 0. The van der Waals surface area contributed by atoms with Crippen LogP contribution in [0.15, 0.2) is 12.2 Å². The van der Waals surface area contributed by atoms with Crippen LogP contribution in [-0.4, -0.2) is 46.1 Å². The minimum Gasteiger partial charge on any atom is -0.394 e. The summed E-state index contributed by atoms with van der Waals surface area (Å²) in [6, 6.07) is -0.807. The van der Waals surface area contributed by atoms with Crippen molar-refractivity contribution in [1.29, 1.82) is 0 Å². The van der Waals surface area contributed by atoms with Crippen LogP contribution >= 0.6 is 0 Å². The number of hydrogen-bond acceptors (Lipinski definition) is 4. The second-order valence-corrected chi connectivity index (χ2v) is 12.4. The van der Waals surface area contributed by atoms with E-state index in [-0.39, 0.29) is 12.5 Å². The molecule has 0 saturated carbocycles. The van der Waals surface area contributed by atoms with Gasteiger partial charge in [-0.25, -0.2) is 0 Å². The first-order valence-corrected chi connectivity index (χ1v) is 18.0. The number of aliphatic hydroxyl groups is 3. The molecule has 244 valence electrons. The maximum atomic E-state index is 12.3. The predicted octanol–water partition coefficient (Wildman–Crippen LogP) is 9.31. The largest absolute Gasteiger partial charge is 0.394 e. The van der Waals surface area contributed by atoms with Crippen molar-refractivity contribution in [3.63, 3.8) is 0 Å². The average molecular weight is 582 g/mol. The van der Waals surface area contributed by atoms with E-state index in [1.54, 1.807) is 0 Å². The van der Waals surface area contributed by atoms with E-state index in [0.29, 0.717) is 12.8 Å². The van der Waals surface area contributed by atoms with Gasteiger partial charge in [0, 0.05) is 6.42 Å². The summed E-state index contributed by atoms with van der Waals surface area (Å²) in [6.45, 7) is 4.15. The van der Waals surface area contributed by atoms with E-state index in [2.05, 4.69) is 31.3 Å². The number of carbonyl (C=O) groups excluding carboxylic acids is 1. The Balaban J connectivity index is 3.71. The molecule has 5 heteroatoms. The highest BCUT2D eigenvalue weighted by molar-refractivity contribution is 5.76. The van der Waals surface area contributed by atoms with Crippen LogP contribution in [0.5, 0.6) is 0 Å². The van der Waals surface area contributed by atoms with Gasteiger partial charge >= 0.3 is 0 Å². The molecule has 0 saturated heterocycles. The van der Waals surface area contributed by atoms with Crippen molar-refractivity contribution >= 4 is 5.91 Å². The van der Waals surface area contributed by atoms with E-state index < -0.39 is 18.2 Å². The first-order chi connectivity index (χ1) is 20.1. The van der Waals surface area contributed by atoms with E-state index in [1.165, 1.54) is 116 Å². The smallest absolute Gasteiger partial charge is 0.220 e. The molecule has 1 amide bonds. The fourth-order valence-electron chi connectivity index (χ4n) is 5.51. The molecule has 41 heavy (non-hydrogen) atoms. The third-order valence-electron chi connectivity index (χ3n) is 8.37. The van der Waals surface area contributed by atoms with Crippen molar-refractivity contribution in [2.45, 2.75) is 205 Å². The summed E-state index contributed by atoms with van der Waals surface area (Å²) in [4.78, 5) is 12.3. The van der Waals surface area contributed by atoms with Gasteiger partial charge < -0.3 is 20.6 Å². The maximum Gasteiger partial charge on any atom is 0.220 e. The highest BCUT2D eigenvalue weighted by Crippen LogP contribution is 2.15. The van der Waals surface area contributed by atoms with E-state index in [9.17, 15) is 20.1 Å². The molecule has 3 unspecified atom stereocenters. The minimum atomic E-state index is -1.13. The minimum absolute atomic E-state index is 0.154. The highest BCUT2D eigenvalue weighted by atomic mass is 16.3. The van der Waals surface area contributed by atoms with Crippen LogP contribution in [0, 0.1) is 0 Å². The monoisotopic (exact) mass is 582 g/mol. The third-order valence-corrected chi connectivity index (χ3v) is 8.37. The number of nitrogens with one attached hydrogen (secondary N) is 1. The van der Waals surface area contributed by atoms with E-state index in [1.807, 2.05) is 0 Å². The zero-order valence-electron chi connectivity index (χ0n) is 27.4. The van der Waals surface area contributed by atoms with Gasteiger partial charge in [0.1, 0.15) is 6.10 Å². The van der Waals surface area contributed by atoms with Crippen LogP contribution < -0.4 is 5.32 Å². The van der Waals surface area contributed by atoms with Crippen LogP contribution in [0.4, 0.5) is 0 Å². The first kappa shape index (κ1) is 40.1. The second kappa shape index (κ2) is 32.0. The van der Waals surface area contributed by atoms with Gasteiger partial charge in [-0.1, -0.05) is 154 Å². The van der Waals surface area contributed by atoms with Crippen molar-refractivity contribution in [2.75, 3.05) is 6.61 Å². The molecule has 0 aliphatic heterocycles. The Morgan fingerprint density at radius 2 is 0.976 bits per heavy atom. The second-order valence-electron chi connectivity index (χ2n) is 12.4. The van der Waals surface area contributed by atoms with Gasteiger partial charge in [-0.2, -0.15) is 0 Å². The molecular weight excluding hydrogens is 510 g/mol. The average Bonchev–Trinajstić information content (AvgIpc) is 2.97. The number of hydrogen-bond donors (Lipinski definition) is 4. The van der Waals surface area contributed by atoms with Crippen molar-refractivity contribution in [1.82, 2.24) is 5.32 Å². The Morgan fingerprint density at radius 1 is 0.585 bits per heavy atom. The molecule has 0 radical (unpaired) electrons. The zero-order valence-corrected chi connectivity index (χ0v) is 27.4. The van der Waals surface area contributed by atoms with Crippen molar-refractivity contribution in [3.8, 4) is 0 Å². The molecule has 0 fully saturated rings. The lowest BCUT2D eigenvalue weighted by Crippen LogP contribution is -2.50. The standard InChI is InChI=1S/C36H71NO4/c1-3-5-7-9-11-13-15-17-18-19-21-23-25-27-29-31-35(40)37-33(32-38)36(41)34(39)30-28-26-24-22-20-16-14-12-10-8-6-4-2/h17-18,33-34,36,38-39,41H,3-16,19-32H2,1-2H3,(H,37,40)/b18-17+. The van der Waals surface area contributed by atoms with E-state index in [0.717, 1.165) is 44.9 Å². The summed E-state index contributed by atoms with van der Waals surface area (Å²) in [5.74, 6) is -0.154. The Labute approximate surface area is 255 Å². The summed E-state index contributed by atoms with van der Waals surface area (Å²) in [6.07, 6.45) is 34.4. The summed E-state index contributed by atoms with van der Waals surface area (Å²) in [5.41, 5.74) is 0. The highest BCUT2D eigenvalue weighted by Gasteiger charge is 2.26. The number of aliphatic hydroxyl groups excluding tert-OH is 3. The van der Waals surface area contributed by atoms with Crippen LogP contribution in [0.25, 0.3) is 0 Å².